The molecule has 1 aliphatic carbocycles. The van der Waals surface area contributed by atoms with Crippen LogP contribution in [-0.2, 0) is 7.05 Å². The highest BCUT2D eigenvalue weighted by Crippen LogP contribution is 2.38. The van der Waals surface area contributed by atoms with Crippen molar-refractivity contribution in [3.63, 3.8) is 0 Å². The average Bonchev–Trinajstić information content (AvgIpc) is 2.98. The third-order valence-electron chi connectivity index (χ3n) is 6.06. The zero-order valence-corrected chi connectivity index (χ0v) is 19.8. The van der Waals surface area contributed by atoms with E-state index in [-0.39, 0.29) is 17.4 Å². The van der Waals surface area contributed by atoms with Crippen LogP contribution >= 0.6 is 23.2 Å². The Morgan fingerprint density at radius 2 is 1.87 bits per heavy atom. The van der Waals surface area contributed by atoms with Gasteiger partial charge in [0, 0.05) is 18.7 Å². The minimum Gasteiger partial charge on any atom is -0.349 e. The van der Waals surface area contributed by atoms with E-state index in [2.05, 4.69) is 36.4 Å². The molecular weight excluding hydrogens is 431 g/mol. The number of aromatic nitrogens is 2. The Hall–Kier alpha value is -2.24. The number of para-hydroxylation sites is 1. The van der Waals surface area contributed by atoms with Crippen molar-refractivity contribution < 1.29 is 4.79 Å². The topological polar surface area (TPSA) is 59.0 Å². The molecule has 5 nitrogen and oxygen atoms in total. The van der Waals surface area contributed by atoms with Crippen molar-refractivity contribution in [2.45, 2.75) is 46.1 Å². The SMILES string of the molecule is CC1CC(NC(=O)c2ccc3c(c2)nc(Nc2c(Cl)cccc2Cl)n3C)CC(C)(C)C1. The van der Waals surface area contributed by atoms with Crippen LogP contribution in [-0.4, -0.2) is 21.5 Å². The largest absolute Gasteiger partial charge is 0.349 e. The first kappa shape index (κ1) is 22.0. The zero-order valence-electron chi connectivity index (χ0n) is 18.3. The molecular formula is C24H28Cl2N4O. The maximum atomic E-state index is 13.0. The summed E-state index contributed by atoms with van der Waals surface area (Å²) in [6.45, 7) is 6.82. The average molecular weight is 459 g/mol. The first-order valence-corrected chi connectivity index (χ1v) is 11.4. The Balaban J connectivity index is 1.56. The van der Waals surface area contributed by atoms with Crippen molar-refractivity contribution in [3.8, 4) is 0 Å². The van der Waals surface area contributed by atoms with E-state index in [0.29, 0.717) is 33.2 Å². The van der Waals surface area contributed by atoms with Crippen molar-refractivity contribution in [2.75, 3.05) is 5.32 Å². The molecule has 1 saturated carbocycles. The van der Waals surface area contributed by atoms with Gasteiger partial charge in [-0.25, -0.2) is 4.98 Å². The smallest absolute Gasteiger partial charge is 0.251 e. The molecule has 0 radical (unpaired) electrons. The molecule has 2 unspecified atom stereocenters. The molecule has 0 bridgehead atoms. The monoisotopic (exact) mass is 458 g/mol. The van der Waals surface area contributed by atoms with Gasteiger partial charge in [0.15, 0.2) is 0 Å². The molecule has 1 aromatic heterocycles. The van der Waals surface area contributed by atoms with Gasteiger partial charge in [-0.3, -0.25) is 4.79 Å². The van der Waals surface area contributed by atoms with E-state index < -0.39 is 0 Å². The Morgan fingerprint density at radius 3 is 2.55 bits per heavy atom. The number of hydrogen-bond donors (Lipinski definition) is 2. The van der Waals surface area contributed by atoms with Crippen LogP contribution in [0.4, 0.5) is 11.6 Å². The molecule has 0 spiro atoms. The lowest BCUT2D eigenvalue weighted by molar-refractivity contribution is 0.0874. The number of aryl methyl sites for hydroxylation is 1. The molecule has 7 heteroatoms. The number of imidazole rings is 1. The lowest BCUT2D eigenvalue weighted by Gasteiger charge is -2.39. The van der Waals surface area contributed by atoms with Crippen LogP contribution in [0.2, 0.25) is 10.0 Å². The summed E-state index contributed by atoms with van der Waals surface area (Å²) in [6, 6.07) is 11.1. The van der Waals surface area contributed by atoms with Gasteiger partial charge >= 0.3 is 0 Å². The molecule has 2 atom stereocenters. The van der Waals surface area contributed by atoms with Gasteiger partial charge in [0.05, 0.1) is 26.8 Å². The van der Waals surface area contributed by atoms with Crippen LogP contribution in [0.3, 0.4) is 0 Å². The molecule has 1 amide bonds. The first-order valence-electron chi connectivity index (χ1n) is 10.6. The third-order valence-corrected chi connectivity index (χ3v) is 6.69. The van der Waals surface area contributed by atoms with Crippen molar-refractivity contribution in [1.82, 2.24) is 14.9 Å². The summed E-state index contributed by atoms with van der Waals surface area (Å²) in [5.74, 6) is 1.16. The first-order chi connectivity index (χ1) is 14.6. The molecule has 1 fully saturated rings. The van der Waals surface area contributed by atoms with Gasteiger partial charge < -0.3 is 15.2 Å². The van der Waals surface area contributed by atoms with Gasteiger partial charge in [0.2, 0.25) is 5.95 Å². The number of fused-ring (bicyclic) bond motifs is 1. The number of nitrogens with one attached hydrogen (secondary N) is 2. The Labute approximate surface area is 193 Å². The molecule has 31 heavy (non-hydrogen) atoms. The Morgan fingerprint density at radius 1 is 1.16 bits per heavy atom. The molecule has 0 saturated heterocycles. The highest BCUT2D eigenvalue weighted by atomic mass is 35.5. The summed E-state index contributed by atoms with van der Waals surface area (Å²) in [5.41, 5.74) is 3.12. The van der Waals surface area contributed by atoms with Crippen molar-refractivity contribution in [3.05, 3.63) is 52.0 Å². The number of hydrogen-bond acceptors (Lipinski definition) is 3. The molecule has 4 rings (SSSR count). The summed E-state index contributed by atoms with van der Waals surface area (Å²) < 4.78 is 1.92. The highest BCUT2D eigenvalue weighted by molar-refractivity contribution is 6.39. The number of benzene rings is 2. The Kier molecular flexibility index (Phi) is 5.93. The number of anilines is 2. The Bertz CT molecular complexity index is 1120. The van der Waals surface area contributed by atoms with Gasteiger partial charge in [0.25, 0.3) is 5.91 Å². The normalized spacial score (nSPS) is 20.6. The van der Waals surface area contributed by atoms with Gasteiger partial charge in [-0.1, -0.05) is 50.0 Å². The van der Waals surface area contributed by atoms with Gasteiger partial charge in [-0.15, -0.1) is 0 Å². The second-order valence-electron chi connectivity index (χ2n) is 9.50. The molecule has 2 N–H and O–H groups in total. The van der Waals surface area contributed by atoms with E-state index in [9.17, 15) is 4.79 Å². The van der Waals surface area contributed by atoms with E-state index in [4.69, 9.17) is 23.2 Å². The minimum atomic E-state index is -0.0499. The summed E-state index contributed by atoms with van der Waals surface area (Å²) >= 11 is 12.6. The van der Waals surface area contributed by atoms with Crippen LogP contribution in [0, 0.1) is 11.3 Å². The molecule has 3 aromatic rings. The van der Waals surface area contributed by atoms with E-state index >= 15 is 0 Å². The number of carbonyl (C=O) groups excluding carboxylic acids is 1. The number of amides is 1. The lowest BCUT2D eigenvalue weighted by Crippen LogP contribution is -2.42. The number of halogens is 2. The van der Waals surface area contributed by atoms with Gasteiger partial charge in [-0.05, 0) is 60.9 Å². The van der Waals surface area contributed by atoms with Gasteiger partial charge in [0.1, 0.15) is 0 Å². The van der Waals surface area contributed by atoms with Crippen LogP contribution in [0.5, 0.6) is 0 Å². The second-order valence-corrected chi connectivity index (χ2v) is 10.3. The summed E-state index contributed by atoms with van der Waals surface area (Å²) in [6.07, 6.45) is 3.22. The van der Waals surface area contributed by atoms with Crippen molar-refractivity contribution >= 4 is 51.8 Å². The number of carbonyl (C=O) groups is 1. The summed E-state index contributed by atoms with van der Waals surface area (Å²) in [7, 11) is 1.91. The molecule has 1 aliphatic rings. The predicted octanol–water partition coefficient (Wildman–Crippen LogP) is 6.57. The fourth-order valence-electron chi connectivity index (χ4n) is 4.91. The number of nitrogens with zero attached hydrogens (tertiary/aromatic N) is 2. The quantitative estimate of drug-likeness (QED) is 0.464. The molecule has 0 aliphatic heterocycles. The molecule has 2 aromatic carbocycles. The van der Waals surface area contributed by atoms with Crippen LogP contribution < -0.4 is 10.6 Å². The standard InChI is InChI=1S/C24H28Cl2N4O/c1-14-10-16(13-24(2,3)12-14)27-22(31)15-8-9-20-19(11-15)28-23(30(20)4)29-21-17(25)6-5-7-18(21)26/h5-9,11,14,16H,10,12-13H2,1-4H3,(H,27,31)(H,28,29). The maximum Gasteiger partial charge on any atom is 0.251 e. The van der Waals surface area contributed by atoms with E-state index in [1.54, 1.807) is 18.2 Å². The summed E-state index contributed by atoms with van der Waals surface area (Å²) in [4.78, 5) is 17.6. The van der Waals surface area contributed by atoms with Crippen LogP contribution in [0.25, 0.3) is 11.0 Å². The van der Waals surface area contributed by atoms with Crippen LogP contribution in [0.1, 0.15) is 50.4 Å². The number of rotatable bonds is 4. The van der Waals surface area contributed by atoms with Crippen molar-refractivity contribution in [1.29, 1.82) is 0 Å². The second kappa shape index (κ2) is 8.36. The maximum absolute atomic E-state index is 13.0. The van der Waals surface area contributed by atoms with Gasteiger partial charge in [-0.2, -0.15) is 0 Å². The van der Waals surface area contributed by atoms with E-state index in [0.717, 1.165) is 23.9 Å². The fraction of sp³-hybridized carbons (Fsp3) is 0.417. The van der Waals surface area contributed by atoms with E-state index in [1.807, 2.05) is 29.8 Å². The molecule has 164 valence electrons. The predicted molar refractivity (Wildman–Crippen MR) is 129 cm³/mol. The fourth-order valence-corrected chi connectivity index (χ4v) is 5.40. The van der Waals surface area contributed by atoms with Crippen LogP contribution in [0.15, 0.2) is 36.4 Å². The minimum absolute atomic E-state index is 0.0499. The zero-order chi connectivity index (χ0) is 22.3. The lowest BCUT2D eigenvalue weighted by atomic mass is 9.70. The third kappa shape index (κ3) is 4.68. The summed E-state index contributed by atoms with van der Waals surface area (Å²) in [5, 5.41) is 7.49. The molecule has 1 heterocycles. The van der Waals surface area contributed by atoms with Crippen molar-refractivity contribution in [2.24, 2.45) is 18.4 Å². The highest BCUT2D eigenvalue weighted by Gasteiger charge is 2.32. The van der Waals surface area contributed by atoms with E-state index in [1.165, 1.54) is 6.42 Å².